The maximum absolute atomic E-state index is 12.5. The van der Waals surface area contributed by atoms with Crippen LogP contribution >= 0.6 is 0 Å². The molecule has 94 valence electrons. The lowest BCUT2D eigenvalue weighted by molar-refractivity contribution is -0.142. The van der Waals surface area contributed by atoms with E-state index in [9.17, 15) is 18.4 Å². The summed E-state index contributed by atoms with van der Waals surface area (Å²) in [5.74, 6) is -0.554. The predicted molar refractivity (Wildman–Crippen MR) is 57.1 cm³/mol. The molecule has 0 saturated heterocycles. The number of alkyl halides is 2. The minimum atomic E-state index is -2.74. The molecule has 17 heavy (non-hydrogen) atoms. The molecular formula is C11H13F2NO3. The SMILES string of the molecule is CCOC(=O)Cc1c[nH]c(C(F)F)c(C)c1=O. The molecule has 0 bridgehead atoms. The van der Waals surface area contributed by atoms with Crippen molar-refractivity contribution in [3.8, 4) is 0 Å². The molecule has 1 heterocycles. The average molecular weight is 245 g/mol. The van der Waals surface area contributed by atoms with Crippen molar-refractivity contribution in [2.24, 2.45) is 0 Å². The Morgan fingerprint density at radius 2 is 2.18 bits per heavy atom. The third-order valence-electron chi connectivity index (χ3n) is 2.30. The van der Waals surface area contributed by atoms with E-state index in [-0.39, 0.29) is 24.2 Å². The minimum absolute atomic E-state index is 0.0678. The number of aromatic amines is 1. The van der Waals surface area contributed by atoms with E-state index >= 15 is 0 Å². The first-order valence-electron chi connectivity index (χ1n) is 5.12. The van der Waals surface area contributed by atoms with Gasteiger partial charge in [-0.2, -0.15) is 0 Å². The van der Waals surface area contributed by atoms with Crippen LogP contribution in [0.1, 0.15) is 30.2 Å². The van der Waals surface area contributed by atoms with Gasteiger partial charge in [-0.15, -0.1) is 0 Å². The molecule has 1 N–H and O–H groups in total. The molecule has 0 amide bonds. The van der Waals surface area contributed by atoms with Gasteiger partial charge in [0.05, 0.1) is 18.7 Å². The van der Waals surface area contributed by atoms with Crippen LogP contribution in [0.3, 0.4) is 0 Å². The van der Waals surface area contributed by atoms with Crippen LogP contribution in [0.25, 0.3) is 0 Å². The number of aromatic nitrogens is 1. The van der Waals surface area contributed by atoms with Crippen LogP contribution in [0.4, 0.5) is 8.78 Å². The molecule has 0 aliphatic carbocycles. The Hall–Kier alpha value is -1.72. The van der Waals surface area contributed by atoms with E-state index in [0.29, 0.717) is 0 Å². The van der Waals surface area contributed by atoms with Crippen molar-refractivity contribution < 1.29 is 18.3 Å². The smallest absolute Gasteiger partial charge is 0.310 e. The molecule has 0 aliphatic heterocycles. The third kappa shape index (κ3) is 3.12. The maximum atomic E-state index is 12.5. The molecule has 0 saturated carbocycles. The monoisotopic (exact) mass is 245 g/mol. The lowest BCUT2D eigenvalue weighted by Gasteiger charge is -2.07. The molecule has 4 nitrogen and oxygen atoms in total. The molecule has 0 unspecified atom stereocenters. The van der Waals surface area contributed by atoms with Gasteiger partial charge in [-0.25, -0.2) is 8.78 Å². The number of rotatable bonds is 4. The Balaban J connectivity index is 3.01. The van der Waals surface area contributed by atoms with Crippen molar-refractivity contribution >= 4 is 5.97 Å². The minimum Gasteiger partial charge on any atom is -0.466 e. The highest BCUT2D eigenvalue weighted by atomic mass is 19.3. The van der Waals surface area contributed by atoms with Gasteiger partial charge in [0, 0.05) is 17.3 Å². The number of halogens is 2. The lowest BCUT2D eigenvalue weighted by Crippen LogP contribution is -2.20. The van der Waals surface area contributed by atoms with Gasteiger partial charge >= 0.3 is 5.97 Å². The molecule has 6 heteroatoms. The van der Waals surface area contributed by atoms with E-state index < -0.39 is 23.5 Å². The first-order valence-corrected chi connectivity index (χ1v) is 5.12. The van der Waals surface area contributed by atoms with Crippen molar-refractivity contribution in [2.45, 2.75) is 26.7 Å². The second kappa shape index (κ2) is 5.56. The number of ether oxygens (including phenoxy) is 1. The molecule has 0 spiro atoms. The number of carbonyl (C=O) groups excluding carboxylic acids is 1. The Morgan fingerprint density at radius 1 is 1.53 bits per heavy atom. The standard InChI is InChI=1S/C11H13F2NO3/c1-3-17-8(15)4-7-5-14-9(11(12)13)6(2)10(7)16/h5,11H,3-4H2,1-2H3,(H,14,16). The Labute approximate surface area is 96.6 Å². The van der Waals surface area contributed by atoms with Crippen molar-refractivity contribution in [3.05, 3.63) is 33.2 Å². The zero-order valence-corrected chi connectivity index (χ0v) is 9.55. The van der Waals surface area contributed by atoms with Crippen LogP contribution in [0.15, 0.2) is 11.0 Å². The highest BCUT2D eigenvalue weighted by molar-refractivity contribution is 5.72. The second-order valence-electron chi connectivity index (χ2n) is 3.46. The number of H-pyrrole nitrogens is 1. The summed E-state index contributed by atoms with van der Waals surface area (Å²) >= 11 is 0. The zero-order chi connectivity index (χ0) is 13.0. The van der Waals surface area contributed by atoms with E-state index in [1.54, 1.807) is 6.92 Å². The Kier molecular flexibility index (Phi) is 4.37. The van der Waals surface area contributed by atoms with Crippen LogP contribution in [0.5, 0.6) is 0 Å². The third-order valence-corrected chi connectivity index (χ3v) is 2.30. The number of pyridine rings is 1. The summed E-state index contributed by atoms with van der Waals surface area (Å²) in [6, 6.07) is 0. The molecule has 1 aromatic heterocycles. The summed E-state index contributed by atoms with van der Waals surface area (Å²) in [7, 11) is 0. The van der Waals surface area contributed by atoms with Crippen molar-refractivity contribution in [1.82, 2.24) is 4.98 Å². The largest absolute Gasteiger partial charge is 0.466 e. The fourth-order valence-electron chi connectivity index (χ4n) is 1.43. The van der Waals surface area contributed by atoms with Crippen molar-refractivity contribution in [3.63, 3.8) is 0 Å². The molecular weight excluding hydrogens is 232 g/mol. The van der Waals surface area contributed by atoms with Crippen LogP contribution in [-0.4, -0.2) is 17.6 Å². The second-order valence-corrected chi connectivity index (χ2v) is 3.46. The zero-order valence-electron chi connectivity index (χ0n) is 9.55. The van der Waals surface area contributed by atoms with Crippen LogP contribution in [0, 0.1) is 6.92 Å². The number of hydrogen-bond donors (Lipinski definition) is 1. The summed E-state index contributed by atoms with van der Waals surface area (Å²) < 4.78 is 29.6. The van der Waals surface area contributed by atoms with Crippen molar-refractivity contribution in [2.75, 3.05) is 6.61 Å². The van der Waals surface area contributed by atoms with Gasteiger partial charge in [-0.1, -0.05) is 0 Å². The average Bonchev–Trinajstić information content (AvgIpc) is 2.25. The van der Waals surface area contributed by atoms with Crippen molar-refractivity contribution in [1.29, 1.82) is 0 Å². The van der Waals surface area contributed by atoms with Gasteiger partial charge in [0.1, 0.15) is 0 Å². The van der Waals surface area contributed by atoms with Crippen LogP contribution < -0.4 is 5.43 Å². The topological polar surface area (TPSA) is 59.2 Å². The van der Waals surface area contributed by atoms with Gasteiger partial charge in [0.25, 0.3) is 6.43 Å². The fourth-order valence-corrected chi connectivity index (χ4v) is 1.43. The molecule has 1 aromatic rings. The van der Waals surface area contributed by atoms with E-state index in [4.69, 9.17) is 0 Å². The number of esters is 1. The van der Waals surface area contributed by atoms with Gasteiger partial charge in [0.2, 0.25) is 0 Å². The highest BCUT2D eigenvalue weighted by Gasteiger charge is 2.16. The van der Waals surface area contributed by atoms with Gasteiger partial charge in [-0.05, 0) is 13.8 Å². The quantitative estimate of drug-likeness (QED) is 0.822. The molecule has 0 atom stereocenters. The normalized spacial score (nSPS) is 10.6. The Bertz CT molecular complexity index is 468. The molecule has 0 aromatic carbocycles. The van der Waals surface area contributed by atoms with Gasteiger partial charge in [0.15, 0.2) is 5.43 Å². The van der Waals surface area contributed by atoms with E-state index in [2.05, 4.69) is 9.72 Å². The number of hydrogen-bond acceptors (Lipinski definition) is 3. The summed E-state index contributed by atoms with van der Waals surface area (Å²) in [5.41, 5.74) is -0.901. The molecule has 1 rings (SSSR count). The summed E-state index contributed by atoms with van der Waals surface area (Å²) in [4.78, 5) is 25.2. The first-order chi connectivity index (χ1) is 7.97. The highest BCUT2D eigenvalue weighted by Crippen LogP contribution is 2.17. The predicted octanol–water partition coefficient (Wildman–Crippen LogP) is 1.73. The van der Waals surface area contributed by atoms with E-state index in [1.165, 1.54) is 6.92 Å². The van der Waals surface area contributed by atoms with E-state index in [0.717, 1.165) is 6.20 Å². The fraction of sp³-hybridized carbons (Fsp3) is 0.455. The maximum Gasteiger partial charge on any atom is 0.310 e. The Morgan fingerprint density at radius 3 is 2.71 bits per heavy atom. The van der Waals surface area contributed by atoms with Gasteiger partial charge in [-0.3, -0.25) is 9.59 Å². The van der Waals surface area contributed by atoms with Crippen LogP contribution in [-0.2, 0) is 16.0 Å². The van der Waals surface area contributed by atoms with Crippen LogP contribution in [0.2, 0.25) is 0 Å². The number of nitrogens with one attached hydrogen (secondary N) is 1. The summed E-state index contributed by atoms with van der Waals surface area (Å²) in [6.45, 7) is 3.16. The van der Waals surface area contributed by atoms with E-state index in [1.807, 2.05) is 0 Å². The van der Waals surface area contributed by atoms with Gasteiger partial charge < -0.3 is 9.72 Å². The summed E-state index contributed by atoms with van der Waals surface area (Å²) in [5, 5.41) is 0. The molecule has 0 radical (unpaired) electrons. The number of carbonyl (C=O) groups is 1. The first kappa shape index (κ1) is 13.3. The molecule has 0 aliphatic rings. The summed E-state index contributed by atoms with van der Waals surface area (Å²) in [6.07, 6.45) is -1.82. The lowest BCUT2D eigenvalue weighted by atomic mass is 10.1. The molecule has 0 fully saturated rings.